The minimum atomic E-state index is -1.15. The van der Waals surface area contributed by atoms with Crippen LogP contribution in [0, 0.1) is 11.6 Å². The monoisotopic (exact) mass is 374 g/mol. The summed E-state index contributed by atoms with van der Waals surface area (Å²) in [7, 11) is 0. The molecular weight excluding hydrogens is 354 g/mol. The van der Waals surface area contributed by atoms with Gasteiger partial charge in [-0.25, -0.2) is 13.6 Å². The van der Waals surface area contributed by atoms with Gasteiger partial charge in [-0.1, -0.05) is 0 Å². The summed E-state index contributed by atoms with van der Waals surface area (Å²) in [5, 5.41) is 2.63. The zero-order valence-corrected chi connectivity index (χ0v) is 14.7. The molecule has 1 aliphatic heterocycles. The first-order valence-electron chi connectivity index (χ1n) is 8.80. The molecule has 27 heavy (non-hydrogen) atoms. The number of carbonyl (C=O) groups is 2. The highest BCUT2D eigenvalue weighted by Crippen LogP contribution is 2.21. The van der Waals surface area contributed by atoms with Gasteiger partial charge in [0.05, 0.1) is 5.56 Å². The van der Waals surface area contributed by atoms with E-state index in [-0.39, 0.29) is 5.56 Å². The fourth-order valence-electron chi connectivity index (χ4n) is 2.94. The van der Waals surface area contributed by atoms with Gasteiger partial charge >= 0.3 is 5.97 Å². The maximum absolute atomic E-state index is 13.1. The van der Waals surface area contributed by atoms with Crippen LogP contribution in [0.5, 0.6) is 0 Å². The molecule has 2 aromatic rings. The van der Waals surface area contributed by atoms with Crippen LogP contribution in [0.3, 0.4) is 0 Å². The molecule has 0 bridgehead atoms. The van der Waals surface area contributed by atoms with E-state index in [1.54, 1.807) is 12.1 Å². The van der Waals surface area contributed by atoms with Gasteiger partial charge in [0.25, 0.3) is 5.91 Å². The van der Waals surface area contributed by atoms with Crippen LogP contribution in [0.15, 0.2) is 42.5 Å². The second-order valence-corrected chi connectivity index (χ2v) is 6.35. The normalized spacial score (nSPS) is 13.9. The van der Waals surface area contributed by atoms with Crippen LogP contribution in [0.2, 0.25) is 0 Å². The number of rotatable bonds is 5. The van der Waals surface area contributed by atoms with Gasteiger partial charge in [-0.05, 0) is 61.7 Å². The summed E-state index contributed by atoms with van der Waals surface area (Å²) >= 11 is 0. The number of nitrogens with zero attached hydrogens (tertiary/aromatic N) is 1. The van der Waals surface area contributed by atoms with Gasteiger partial charge < -0.3 is 15.0 Å². The van der Waals surface area contributed by atoms with Gasteiger partial charge in [-0.15, -0.1) is 0 Å². The van der Waals surface area contributed by atoms with Gasteiger partial charge in [0.15, 0.2) is 18.2 Å². The Labute approximate surface area is 155 Å². The van der Waals surface area contributed by atoms with E-state index in [1.807, 2.05) is 12.1 Å². The van der Waals surface area contributed by atoms with Gasteiger partial charge in [0.2, 0.25) is 0 Å². The maximum Gasteiger partial charge on any atom is 0.338 e. The van der Waals surface area contributed by atoms with Crippen molar-refractivity contribution in [1.82, 2.24) is 0 Å². The minimum Gasteiger partial charge on any atom is -0.452 e. The van der Waals surface area contributed by atoms with Crippen molar-refractivity contribution >= 4 is 23.3 Å². The van der Waals surface area contributed by atoms with Crippen molar-refractivity contribution in [1.29, 1.82) is 0 Å². The van der Waals surface area contributed by atoms with E-state index in [0.717, 1.165) is 37.0 Å². The molecule has 1 N–H and O–H groups in total. The molecule has 142 valence electrons. The van der Waals surface area contributed by atoms with Crippen LogP contribution in [-0.4, -0.2) is 31.6 Å². The average molecular weight is 374 g/mol. The molecule has 1 saturated heterocycles. The number of hydrogen-bond acceptors (Lipinski definition) is 4. The quantitative estimate of drug-likeness (QED) is 0.810. The predicted molar refractivity (Wildman–Crippen MR) is 97.8 cm³/mol. The molecule has 0 unspecified atom stereocenters. The number of carbonyl (C=O) groups excluding carboxylic acids is 2. The van der Waals surface area contributed by atoms with Crippen LogP contribution < -0.4 is 10.2 Å². The van der Waals surface area contributed by atoms with Crippen molar-refractivity contribution in [2.24, 2.45) is 0 Å². The van der Waals surface area contributed by atoms with Crippen LogP contribution in [-0.2, 0) is 9.53 Å². The van der Waals surface area contributed by atoms with Crippen molar-refractivity contribution in [3.8, 4) is 0 Å². The van der Waals surface area contributed by atoms with E-state index in [0.29, 0.717) is 5.69 Å². The molecule has 0 atom stereocenters. The number of benzene rings is 2. The van der Waals surface area contributed by atoms with E-state index < -0.39 is 30.1 Å². The number of anilines is 2. The number of halogens is 2. The summed E-state index contributed by atoms with van der Waals surface area (Å²) in [4.78, 5) is 26.0. The van der Waals surface area contributed by atoms with Crippen molar-refractivity contribution in [2.45, 2.75) is 19.3 Å². The number of amides is 1. The SMILES string of the molecule is O=C(COC(=O)c1ccc(F)c(F)c1)Nc1ccc(N2CCCCC2)cc1. The first-order valence-corrected chi connectivity index (χ1v) is 8.80. The highest BCUT2D eigenvalue weighted by Gasteiger charge is 2.14. The Kier molecular flexibility index (Phi) is 6.01. The fraction of sp³-hybridized carbons (Fsp3) is 0.300. The molecule has 0 aliphatic carbocycles. The summed E-state index contributed by atoms with van der Waals surface area (Å²) in [5.41, 5.74) is 1.54. The standard InChI is InChI=1S/C20H20F2N2O3/c21-17-9-4-14(12-18(17)22)20(26)27-13-19(25)23-15-5-7-16(8-6-15)24-10-2-1-3-11-24/h4-9,12H,1-3,10-11,13H2,(H,23,25). The first-order chi connectivity index (χ1) is 13.0. The predicted octanol–water partition coefficient (Wildman–Crippen LogP) is 3.75. The Morgan fingerprint density at radius 2 is 1.67 bits per heavy atom. The molecule has 2 aromatic carbocycles. The van der Waals surface area contributed by atoms with Crippen molar-refractivity contribution < 1.29 is 23.1 Å². The zero-order valence-electron chi connectivity index (χ0n) is 14.7. The molecule has 3 rings (SSSR count). The van der Waals surface area contributed by atoms with Gasteiger partial charge in [-0.2, -0.15) is 0 Å². The van der Waals surface area contributed by atoms with Crippen molar-refractivity contribution in [3.05, 3.63) is 59.7 Å². The Hall–Kier alpha value is -2.96. The summed E-state index contributed by atoms with van der Waals surface area (Å²) < 4.78 is 30.8. The number of hydrogen-bond donors (Lipinski definition) is 1. The zero-order chi connectivity index (χ0) is 19.2. The highest BCUT2D eigenvalue weighted by atomic mass is 19.2. The van der Waals surface area contributed by atoms with Gasteiger partial charge in [0, 0.05) is 24.5 Å². The molecule has 0 aromatic heterocycles. The summed E-state index contributed by atoms with van der Waals surface area (Å²) in [6, 6.07) is 10.1. The maximum atomic E-state index is 13.1. The molecule has 7 heteroatoms. The number of ether oxygens (including phenoxy) is 1. The second-order valence-electron chi connectivity index (χ2n) is 6.35. The lowest BCUT2D eigenvalue weighted by Gasteiger charge is -2.28. The summed E-state index contributed by atoms with van der Waals surface area (Å²) in [6.07, 6.45) is 3.62. The van der Waals surface area contributed by atoms with Crippen molar-refractivity contribution in [3.63, 3.8) is 0 Å². The molecule has 1 aliphatic rings. The molecule has 0 spiro atoms. The topological polar surface area (TPSA) is 58.6 Å². The lowest BCUT2D eigenvalue weighted by molar-refractivity contribution is -0.119. The highest BCUT2D eigenvalue weighted by molar-refractivity contribution is 5.95. The van der Waals surface area contributed by atoms with Crippen LogP contribution in [0.25, 0.3) is 0 Å². The molecule has 5 nitrogen and oxygen atoms in total. The molecule has 0 radical (unpaired) electrons. The lowest BCUT2D eigenvalue weighted by atomic mass is 10.1. The van der Waals surface area contributed by atoms with Gasteiger partial charge in [-0.3, -0.25) is 4.79 Å². The van der Waals surface area contributed by atoms with Crippen molar-refractivity contribution in [2.75, 3.05) is 29.9 Å². The van der Waals surface area contributed by atoms with E-state index >= 15 is 0 Å². The third kappa shape index (κ3) is 5.03. The Bertz CT molecular complexity index is 818. The third-order valence-electron chi connectivity index (χ3n) is 4.36. The Morgan fingerprint density at radius 1 is 0.963 bits per heavy atom. The van der Waals surface area contributed by atoms with Gasteiger partial charge in [0.1, 0.15) is 0 Å². The first kappa shape index (κ1) is 18.8. The molecule has 0 saturated carbocycles. The smallest absolute Gasteiger partial charge is 0.338 e. The van der Waals surface area contributed by atoms with E-state index in [2.05, 4.69) is 10.2 Å². The van der Waals surface area contributed by atoms with E-state index in [1.165, 1.54) is 19.3 Å². The number of nitrogens with one attached hydrogen (secondary N) is 1. The summed E-state index contributed by atoms with van der Waals surface area (Å²) in [5.74, 6) is -3.62. The molecule has 1 amide bonds. The molecule has 1 heterocycles. The van der Waals surface area contributed by atoms with E-state index in [4.69, 9.17) is 4.74 Å². The van der Waals surface area contributed by atoms with Crippen LogP contribution in [0.1, 0.15) is 29.6 Å². The lowest BCUT2D eigenvalue weighted by Crippen LogP contribution is -2.29. The molecular formula is C20H20F2N2O3. The third-order valence-corrected chi connectivity index (χ3v) is 4.36. The minimum absolute atomic E-state index is 0.160. The number of esters is 1. The van der Waals surface area contributed by atoms with Crippen LogP contribution in [0.4, 0.5) is 20.2 Å². The number of piperidine rings is 1. The average Bonchev–Trinajstić information content (AvgIpc) is 2.69. The second kappa shape index (κ2) is 8.62. The van der Waals surface area contributed by atoms with E-state index in [9.17, 15) is 18.4 Å². The Balaban J connectivity index is 1.50. The largest absolute Gasteiger partial charge is 0.452 e. The van der Waals surface area contributed by atoms with Crippen LogP contribution >= 0.6 is 0 Å². The summed E-state index contributed by atoms with van der Waals surface area (Å²) in [6.45, 7) is 1.54. The Morgan fingerprint density at radius 3 is 2.33 bits per heavy atom. The fourth-order valence-corrected chi connectivity index (χ4v) is 2.94. The molecule has 1 fully saturated rings.